The van der Waals surface area contributed by atoms with E-state index in [2.05, 4.69) is 42.7 Å². The van der Waals surface area contributed by atoms with Crippen LogP contribution in [-0.2, 0) is 6.54 Å². The Labute approximate surface area is 107 Å². The fourth-order valence-electron chi connectivity index (χ4n) is 1.99. The number of hydrogen-bond donors (Lipinski definition) is 0. The number of aromatic nitrogens is 2. The Kier molecular flexibility index (Phi) is 2.83. The third-order valence-corrected chi connectivity index (χ3v) is 4.45. The van der Waals surface area contributed by atoms with Crippen LogP contribution in [0, 0.1) is 0 Å². The van der Waals surface area contributed by atoms with Gasteiger partial charge < -0.3 is 0 Å². The van der Waals surface area contributed by atoms with Gasteiger partial charge in [0.25, 0.3) is 0 Å². The molecule has 2 aromatic heterocycles. The predicted octanol–water partition coefficient (Wildman–Crippen LogP) is 2.76. The van der Waals surface area contributed by atoms with Crippen molar-refractivity contribution in [2.24, 2.45) is 0 Å². The maximum absolute atomic E-state index is 4.27. The molecule has 1 aliphatic rings. The van der Waals surface area contributed by atoms with Crippen molar-refractivity contribution in [2.75, 3.05) is 13.1 Å². The molecule has 5 heteroatoms. The van der Waals surface area contributed by atoms with Gasteiger partial charge in [-0.1, -0.05) is 0 Å². The summed E-state index contributed by atoms with van der Waals surface area (Å²) < 4.78 is 3.27. The van der Waals surface area contributed by atoms with Gasteiger partial charge in [-0.25, -0.2) is 0 Å². The topological polar surface area (TPSA) is 21.1 Å². The van der Waals surface area contributed by atoms with E-state index >= 15 is 0 Å². The molecule has 0 aliphatic carbocycles. The van der Waals surface area contributed by atoms with E-state index in [4.69, 9.17) is 0 Å². The fraction of sp³-hybridized carbons (Fsp3) is 0.364. The molecule has 0 atom stereocenters. The van der Waals surface area contributed by atoms with Crippen LogP contribution in [-0.4, -0.2) is 27.8 Å². The van der Waals surface area contributed by atoms with Crippen LogP contribution in [0.4, 0.5) is 0 Å². The lowest BCUT2D eigenvalue weighted by atomic mass is 10.1. The van der Waals surface area contributed by atoms with Gasteiger partial charge in [-0.05, 0) is 34.1 Å². The summed E-state index contributed by atoms with van der Waals surface area (Å²) in [6, 6.07) is 6.86. The lowest BCUT2D eigenvalue weighted by Gasteiger charge is -2.38. The molecule has 0 radical (unpaired) electrons. The Morgan fingerprint density at radius 1 is 1.44 bits per heavy atom. The fourth-order valence-corrected chi connectivity index (χ4v) is 3.52. The summed E-state index contributed by atoms with van der Waals surface area (Å²) in [5.41, 5.74) is 0. The summed E-state index contributed by atoms with van der Waals surface area (Å²) in [7, 11) is 0. The van der Waals surface area contributed by atoms with E-state index in [1.807, 2.05) is 29.8 Å². The van der Waals surface area contributed by atoms with E-state index in [1.54, 1.807) is 0 Å². The van der Waals surface area contributed by atoms with Crippen molar-refractivity contribution in [1.82, 2.24) is 14.7 Å². The normalized spacial score (nSPS) is 17.6. The van der Waals surface area contributed by atoms with Crippen LogP contribution in [0.5, 0.6) is 0 Å². The Morgan fingerprint density at radius 3 is 2.94 bits per heavy atom. The van der Waals surface area contributed by atoms with Crippen LogP contribution in [0.3, 0.4) is 0 Å². The summed E-state index contributed by atoms with van der Waals surface area (Å²) in [5.74, 6) is 0. The molecule has 3 heterocycles. The van der Waals surface area contributed by atoms with Gasteiger partial charge in [-0.2, -0.15) is 5.10 Å². The Hall–Kier alpha value is -0.650. The Bertz CT molecular complexity index is 459. The molecule has 0 spiro atoms. The zero-order valence-electron chi connectivity index (χ0n) is 8.71. The first-order valence-corrected chi connectivity index (χ1v) is 6.88. The molecular formula is C11H12BrN3S. The zero-order chi connectivity index (χ0) is 11.0. The molecular weight excluding hydrogens is 286 g/mol. The van der Waals surface area contributed by atoms with Gasteiger partial charge in [-0.3, -0.25) is 9.58 Å². The molecule has 0 bridgehead atoms. The van der Waals surface area contributed by atoms with Crippen molar-refractivity contribution in [1.29, 1.82) is 0 Å². The van der Waals surface area contributed by atoms with Crippen molar-refractivity contribution < 1.29 is 0 Å². The highest BCUT2D eigenvalue weighted by molar-refractivity contribution is 9.11. The van der Waals surface area contributed by atoms with Crippen molar-refractivity contribution in [2.45, 2.75) is 12.6 Å². The van der Waals surface area contributed by atoms with Gasteiger partial charge in [0.2, 0.25) is 0 Å². The minimum atomic E-state index is 0.568. The van der Waals surface area contributed by atoms with E-state index in [0.29, 0.717) is 6.04 Å². The van der Waals surface area contributed by atoms with Crippen molar-refractivity contribution >= 4 is 27.3 Å². The smallest absolute Gasteiger partial charge is 0.0773 e. The van der Waals surface area contributed by atoms with Crippen LogP contribution in [0.2, 0.25) is 0 Å². The summed E-state index contributed by atoms with van der Waals surface area (Å²) in [4.78, 5) is 3.87. The van der Waals surface area contributed by atoms with Gasteiger partial charge in [0.15, 0.2) is 0 Å². The van der Waals surface area contributed by atoms with E-state index < -0.39 is 0 Å². The molecule has 0 saturated carbocycles. The minimum absolute atomic E-state index is 0.568. The van der Waals surface area contributed by atoms with Crippen molar-refractivity contribution in [3.63, 3.8) is 0 Å². The number of halogens is 1. The third-order valence-electron chi connectivity index (χ3n) is 2.85. The zero-order valence-corrected chi connectivity index (χ0v) is 11.1. The summed E-state index contributed by atoms with van der Waals surface area (Å²) in [6.07, 6.45) is 3.89. The lowest BCUT2D eigenvalue weighted by molar-refractivity contribution is 0.0920. The number of rotatable bonds is 3. The SMILES string of the molecule is Brc1ccc(CN2CC(n3cccn3)C2)s1. The molecule has 0 N–H and O–H groups in total. The molecule has 2 aromatic rings. The highest BCUT2D eigenvalue weighted by Gasteiger charge is 2.28. The van der Waals surface area contributed by atoms with Gasteiger partial charge in [0, 0.05) is 36.9 Å². The molecule has 1 saturated heterocycles. The number of thiophene rings is 1. The summed E-state index contributed by atoms with van der Waals surface area (Å²) in [5, 5.41) is 4.27. The van der Waals surface area contributed by atoms with E-state index in [0.717, 1.165) is 19.6 Å². The first kappa shape index (κ1) is 10.5. The van der Waals surface area contributed by atoms with Crippen LogP contribution < -0.4 is 0 Å². The van der Waals surface area contributed by atoms with Gasteiger partial charge in [-0.15, -0.1) is 11.3 Å². The van der Waals surface area contributed by atoms with Crippen LogP contribution in [0.25, 0.3) is 0 Å². The molecule has 3 rings (SSSR count). The quantitative estimate of drug-likeness (QED) is 0.869. The molecule has 3 nitrogen and oxygen atoms in total. The number of hydrogen-bond acceptors (Lipinski definition) is 3. The standard InChI is InChI=1S/C11H12BrN3S/c12-11-3-2-10(16-11)8-14-6-9(7-14)15-5-1-4-13-15/h1-5,9H,6-8H2. The first-order valence-electron chi connectivity index (χ1n) is 5.27. The second-order valence-electron chi connectivity index (χ2n) is 4.04. The Balaban J connectivity index is 1.54. The molecule has 1 aliphatic heterocycles. The maximum atomic E-state index is 4.27. The van der Waals surface area contributed by atoms with Gasteiger partial charge in [0.1, 0.15) is 0 Å². The van der Waals surface area contributed by atoms with Gasteiger partial charge >= 0.3 is 0 Å². The molecule has 16 heavy (non-hydrogen) atoms. The first-order chi connectivity index (χ1) is 7.81. The molecule has 0 aromatic carbocycles. The largest absolute Gasteiger partial charge is 0.294 e. The minimum Gasteiger partial charge on any atom is -0.294 e. The monoisotopic (exact) mass is 297 g/mol. The van der Waals surface area contributed by atoms with Crippen LogP contribution in [0.1, 0.15) is 10.9 Å². The van der Waals surface area contributed by atoms with Gasteiger partial charge in [0.05, 0.1) is 9.83 Å². The van der Waals surface area contributed by atoms with E-state index in [9.17, 15) is 0 Å². The van der Waals surface area contributed by atoms with Crippen molar-refractivity contribution in [3.05, 3.63) is 39.3 Å². The maximum Gasteiger partial charge on any atom is 0.0773 e. The second-order valence-corrected chi connectivity index (χ2v) is 6.59. The molecule has 1 fully saturated rings. The third kappa shape index (κ3) is 2.07. The highest BCUT2D eigenvalue weighted by atomic mass is 79.9. The second kappa shape index (κ2) is 4.31. The number of nitrogens with zero attached hydrogens (tertiary/aromatic N) is 3. The summed E-state index contributed by atoms with van der Waals surface area (Å²) >= 11 is 5.31. The van der Waals surface area contributed by atoms with Crippen LogP contribution in [0.15, 0.2) is 34.4 Å². The van der Waals surface area contributed by atoms with E-state index in [-0.39, 0.29) is 0 Å². The number of likely N-dealkylation sites (tertiary alicyclic amines) is 1. The molecule has 0 unspecified atom stereocenters. The molecule has 0 amide bonds. The van der Waals surface area contributed by atoms with Crippen molar-refractivity contribution in [3.8, 4) is 0 Å². The Morgan fingerprint density at radius 2 is 2.31 bits per heavy atom. The average molecular weight is 298 g/mol. The lowest BCUT2D eigenvalue weighted by Crippen LogP contribution is -2.46. The van der Waals surface area contributed by atoms with Crippen LogP contribution >= 0.6 is 27.3 Å². The molecule has 84 valence electrons. The van der Waals surface area contributed by atoms with E-state index in [1.165, 1.54) is 8.66 Å². The summed E-state index contributed by atoms with van der Waals surface area (Å²) in [6.45, 7) is 3.28. The predicted molar refractivity (Wildman–Crippen MR) is 68.6 cm³/mol. The average Bonchev–Trinajstić information content (AvgIpc) is 2.82. The highest BCUT2D eigenvalue weighted by Crippen LogP contribution is 2.27.